The number of hydrogen-bond donors (Lipinski definition) is 1. The van der Waals surface area contributed by atoms with Gasteiger partial charge in [0.05, 0.1) is 6.10 Å². The lowest BCUT2D eigenvalue weighted by Crippen LogP contribution is -2.51. The molecule has 5 nitrogen and oxygen atoms in total. The molecule has 1 N–H and O–H groups in total. The number of carbonyl (C=O) groups is 1. The Morgan fingerprint density at radius 2 is 1.74 bits per heavy atom. The van der Waals surface area contributed by atoms with Crippen molar-refractivity contribution >= 4 is 11.7 Å². The number of carbonyl (C=O) groups excluding carboxylic acids is 1. The van der Waals surface area contributed by atoms with Gasteiger partial charge in [-0.3, -0.25) is 4.90 Å². The third-order valence-corrected chi connectivity index (χ3v) is 5.75. The summed E-state index contributed by atoms with van der Waals surface area (Å²) in [6, 6.07) is 6.39. The Bertz CT molecular complexity index is 604. The monoisotopic (exact) mass is 373 g/mol. The van der Waals surface area contributed by atoms with E-state index in [0.717, 1.165) is 45.0 Å². The van der Waals surface area contributed by atoms with Gasteiger partial charge >= 0.3 is 6.03 Å². The minimum atomic E-state index is 0.0294. The quantitative estimate of drug-likeness (QED) is 0.839. The summed E-state index contributed by atoms with van der Waals surface area (Å²) in [5.74, 6) is 0.754. The number of benzene rings is 1. The van der Waals surface area contributed by atoms with E-state index < -0.39 is 0 Å². The summed E-state index contributed by atoms with van der Waals surface area (Å²) in [6.45, 7) is 14.0. The number of piperazine rings is 1. The van der Waals surface area contributed by atoms with Crippen molar-refractivity contribution < 1.29 is 9.53 Å². The van der Waals surface area contributed by atoms with Crippen molar-refractivity contribution in [2.45, 2.75) is 58.5 Å². The third-order valence-electron chi connectivity index (χ3n) is 5.75. The predicted molar refractivity (Wildman–Crippen MR) is 111 cm³/mol. The second kappa shape index (κ2) is 9.07. The second-order valence-electron chi connectivity index (χ2n) is 8.47. The maximum Gasteiger partial charge on any atom is 0.321 e. The second-order valence-corrected chi connectivity index (χ2v) is 8.47. The van der Waals surface area contributed by atoms with Gasteiger partial charge in [0.1, 0.15) is 0 Å². The average molecular weight is 374 g/mol. The van der Waals surface area contributed by atoms with Crippen LogP contribution >= 0.6 is 0 Å². The highest BCUT2D eigenvalue weighted by molar-refractivity contribution is 5.91. The zero-order valence-corrected chi connectivity index (χ0v) is 17.3. The molecule has 2 heterocycles. The first-order chi connectivity index (χ1) is 13.0. The highest BCUT2D eigenvalue weighted by atomic mass is 16.5. The van der Waals surface area contributed by atoms with Crippen molar-refractivity contribution in [1.29, 1.82) is 0 Å². The van der Waals surface area contributed by atoms with Gasteiger partial charge in [-0.05, 0) is 35.8 Å². The van der Waals surface area contributed by atoms with Crippen LogP contribution in [-0.4, -0.2) is 61.3 Å². The Hall–Kier alpha value is -1.59. The van der Waals surface area contributed by atoms with Gasteiger partial charge in [0.25, 0.3) is 0 Å². The Morgan fingerprint density at radius 1 is 1.11 bits per heavy atom. The van der Waals surface area contributed by atoms with E-state index in [9.17, 15) is 4.79 Å². The number of nitrogens with one attached hydrogen (secondary N) is 1. The summed E-state index contributed by atoms with van der Waals surface area (Å²) in [5.41, 5.74) is 3.44. The van der Waals surface area contributed by atoms with Gasteiger partial charge in [-0.15, -0.1) is 0 Å². The van der Waals surface area contributed by atoms with Crippen LogP contribution in [0.5, 0.6) is 0 Å². The molecule has 2 fully saturated rings. The molecule has 3 rings (SSSR count). The summed E-state index contributed by atoms with van der Waals surface area (Å²) in [7, 11) is 0. The van der Waals surface area contributed by atoms with Gasteiger partial charge in [0, 0.05) is 45.0 Å². The number of anilines is 1. The highest BCUT2D eigenvalue weighted by Gasteiger charge is 2.26. The topological polar surface area (TPSA) is 44.8 Å². The molecule has 2 amide bonds. The molecule has 0 aliphatic carbocycles. The van der Waals surface area contributed by atoms with Crippen molar-refractivity contribution in [2.75, 3.05) is 44.6 Å². The summed E-state index contributed by atoms with van der Waals surface area (Å²) in [6.07, 6.45) is 2.74. The van der Waals surface area contributed by atoms with Gasteiger partial charge in [-0.25, -0.2) is 4.79 Å². The fraction of sp³-hybridized carbons (Fsp3) is 0.682. The number of urea groups is 1. The van der Waals surface area contributed by atoms with Crippen molar-refractivity contribution in [3.63, 3.8) is 0 Å². The first-order valence-electron chi connectivity index (χ1n) is 10.5. The molecule has 5 heteroatoms. The summed E-state index contributed by atoms with van der Waals surface area (Å²) >= 11 is 0. The Balaban J connectivity index is 1.61. The fourth-order valence-electron chi connectivity index (χ4n) is 4.09. The highest BCUT2D eigenvalue weighted by Crippen LogP contribution is 2.32. The van der Waals surface area contributed by atoms with E-state index in [1.807, 2.05) is 4.90 Å². The molecule has 27 heavy (non-hydrogen) atoms. The SMILES string of the molecule is CC(C)c1cccc(C(C)C)c1NC(=O)N1CCN(CC2CCCO2)CC1. The molecule has 0 spiro atoms. The Kier molecular flexibility index (Phi) is 6.77. The number of para-hydroxylation sites is 1. The van der Waals surface area contributed by atoms with E-state index in [-0.39, 0.29) is 6.03 Å². The molecule has 0 aromatic heterocycles. The minimum absolute atomic E-state index is 0.0294. The number of nitrogens with zero attached hydrogens (tertiary/aromatic N) is 2. The normalized spacial score (nSPS) is 21.3. The molecule has 1 aromatic rings. The van der Waals surface area contributed by atoms with E-state index in [2.05, 4.69) is 56.1 Å². The zero-order chi connectivity index (χ0) is 19.4. The Labute approximate surface area is 164 Å². The molecule has 1 unspecified atom stereocenters. The van der Waals surface area contributed by atoms with Crippen LogP contribution in [0, 0.1) is 0 Å². The molecular formula is C22H35N3O2. The van der Waals surface area contributed by atoms with Crippen LogP contribution in [0.3, 0.4) is 0 Å². The molecule has 2 aliphatic rings. The maximum atomic E-state index is 12.9. The van der Waals surface area contributed by atoms with Crippen LogP contribution in [0.25, 0.3) is 0 Å². The molecule has 1 aromatic carbocycles. The number of amides is 2. The lowest BCUT2D eigenvalue weighted by Gasteiger charge is -2.36. The zero-order valence-electron chi connectivity index (χ0n) is 17.3. The van der Waals surface area contributed by atoms with Gasteiger partial charge in [0.15, 0.2) is 0 Å². The summed E-state index contributed by atoms with van der Waals surface area (Å²) < 4.78 is 5.75. The smallest absolute Gasteiger partial charge is 0.321 e. The van der Waals surface area contributed by atoms with Gasteiger partial charge in [-0.2, -0.15) is 0 Å². The van der Waals surface area contributed by atoms with Crippen molar-refractivity contribution in [2.24, 2.45) is 0 Å². The molecule has 0 radical (unpaired) electrons. The minimum Gasteiger partial charge on any atom is -0.377 e. The lowest BCUT2D eigenvalue weighted by molar-refractivity contribution is 0.0572. The van der Waals surface area contributed by atoms with Gasteiger partial charge in [0.2, 0.25) is 0 Å². The van der Waals surface area contributed by atoms with E-state index >= 15 is 0 Å². The first kappa shape index (κ1) is 20.2. The van der Waals surface area contributed by atoms with Crippen molar-refractivity contribution in [1.82, 2.24) is 9.80 Å². The predicted octanol–water partition coefficient (Wildman–Crippen LogP) is 4.26. The van der Waals surface area contributed by atoms with Crippen LogP contribution < -0.4 is 5.32 Å². The lowest BCUT2D eigenvalue weighted by atomic mass is 9.93. The molecule has 150 valence electrons. The van der Waals surface area contributed by atoms with Gasteiger partial charge < -0.3 is 15.0 Å². The van der Waals surface area contributed by atoms with Crippen molar-refractivity contribution in [3.8, 4) is 0 Å². The molecule has 2 saturated heterocycles. The van der Waals surface area contributed by atoms with Crippen molar-refractivity contribution in [3.05, 3.63) is 29.3 Å². The standard InChI is InChI=1S/C22H35N3O2/c1-16(2)19-8-5-9-20(17(3)4)21(19)23-22(26)25-12-10-24(11-13-25)15-18-7-6-14-27-18/h5,8-9,16-18H,6-7,10-15H2,1-4H3,(H,23,26). The maximum absolute atomic E-state index is 12.9. The van der Waals surface area contributed by atoms with Crippen LogP contribution in [0.2, 0.25) is 0 Å². The van der Waals surface area contributed by atoms with E-state index in [1.54, 1.807) is 0 Å². The number of hydrogen-bond acceptors (Lipinski definition) is 3. The van der Waals surface area contributed by atoms with Crippen LogP contribution in [0.1, 0.15) is 63.5 Å². The average Bonchev–Trinajstić information content (AvgIpc) is 3.15. The van der Waals surface area contributed by atoms with E-state index in [4.69, 9.17) is 4.74 Å². The molecule has 2 aliphatic heterocycles. The molecule has 0 bridgehead atoms. The van der Waals surface area contributed by atoms with E-state index in [0.29, 0.717) is 17.9 Å². The summed E-state index contributed by atoms with van der Waals surface area (Å²) in [5, 5.41) is 3.24. The van der Waals surface area contributed by atoms with Gasteiger partial charge in [-0.1, -0.05) is 45.9 Å². The van der Waals surface area contributed by atoms with E-state index in [1.165, 1.54) is 24.0 Å². The van der Waals surface area contributed by atoms with Crippen LogP contribution in [-0.2, 0) is 4.74 Å². The molecule has 0 saturated carbocycles. The first-order valence-corrected chi connectivity index (χ1v) is 10.5. The van der Waals surface area contributed by atoms with Crippen LogP contribution in [0.15, 0.2) is 18.2 Å². The molecular weight excluding hydrogens is 338 g/mol. The number of rotatable bonds is 5. The van der Waals surface area contributed by atoms with Crippen LogP contribution in [0.4, 0.5) is 10.5 Å². The summed E-state index contributed by atoms with van der Waals surface area (Å²) in [4.78, 5) is 17.3. The third kappa shape index (κ3) is 5.02. The fourth-order valence-corrected chi connectivity index (χ4v) is 4.09. The Morgan fingerprint density at radius 3 is 2.26 bits per heavy atom. The molecule has 1 atom stereocenters. The largest absolute Gasteiger partial charge is 0.377 e. The number of ether oxygens (including phenoxy) is 1.